The van der Waals surface area contributed by atoms with Gasteiger partial charge in [-0.15, -0.1) is 0 Å². The van der Waals surface area contributed by atoms with Gasteiger partial charge in [-0.05, 0) is 12.8 Å². The lowest BCUT2D eigenvalue weighted by Crippen LogP contribution is -2.37. The van der Waals surface area contributed by atoms with Crippen LogP contribution in [0.25, 0.3) is 0 Å². The van der Waals surface area contributed by atoms with E-state index < -0.39 is 13.9 Å². The highest BCUT2D eigenvalue weighted by molar-refractivity contribution is 7.45. The molecule has 0 fully saturated rings. The first kappa shape index (κ1) is 52.5. The van der Waals surface area contributed by atoms with Crippen molar-refractivity contribution in [3.05, 3.63) is 0 Å². The standard InChI is InChI=1S/C44H90NO7P/c1-6-8-10-12-14-16-17-18-19-20-21-22-23-24-25-26-27-28-29-31-33-35-37-44(46)52-43(42-51-53(47,48)50-40-38-45(3,4)5)41-49-39-36-34-32-30-15-13-11-9-7-2/h43H,6-42H2,1-5H3. The van der Waals surface area contributed by atoms with E-state index in [0.717, 1.165) is 32.1 Å². The zero-order valence-corrected chi connectivity index (χ0v) is 36.9. The lowest BCUT2D eigenvalue weighted by molar-refractivity contribution is -0.870. The zero-order chi connectivity index (χ0) is 39.1. The molecule has 0 saturated heterocycles. The van der Waals surface area contributed by atoms with Crippen LogP contribution in [0.1, 0.15) is 219 Å². The predicted molar refractivity (Wildman–Crippen MR) is 222 cm³/mol. The number of hydrogen-bond donors (Lipinski definition) is 0. The average molecular weight is 776 g/mol. The Morgan fingerprint density at radius 1 is 0.509 bits per heavy atom. The van der Waals surface area contributed by atoms with Crippen molar-refractivity contribution in [2.45, 2.75) is 225 Å². The van der Waals surface area contributed by atoms with Gasteiger partial charge in [0.25, 0.3) is 7.82 Å². The molecular formula is C44H90NO7P. The normalized spacial score (nSPS) is 13.7. The van der Waals surface area contributed by atoms with Crippen LogP contribution in [0.2, 0.25) is 0 Å². The molecule has 2 unspecified atom stereocenters. The van der Waals surface area contributed by atoms with Crippen molar-refractivity contribution in [1.29, 1.82) is 0 Å². The van der Waals surface area contributed by atoms with Crippen LogP contribution in [-0.4, -0.2) is 70.7 Å². The second kappa shape index (κ2) is 38.4. The second-order valence-corrected chi connectivity index (χ2v) is 18.2. The van der Waals surface area contributed by atoms with Crippen molar-refractivity contribution in [1.82, 2.24) is 0 Å². The molecule has 0 aromatic carbocycles. The number of carbonyl (C=O) groups is 1. The van der Waals surface area contributed by atoms with Gasteiger partial charge in [0.15, 0.2) is 0 Å². The smallest absolute Gasteiger partial charge is 0.306 e. The van der Waals surface area contributed by atoms with Gasteiger partial charge in [-0.3, -0.25) is 9.36 Å². The molecule has 0 radical (unpaired) electrons. The highest BCUT2D eigenvalue weighted by Gasteiger charge is 2.20. The van der Waals surface area contributed by atoms with E-state index in [2.05, 4.69) is 13.8 Å². The topological polar surface area (TPSA) is 94.1 Å². The maximum atomic E-state index is 12.7. The van der Waals surface area contributed by atoms with E-state index in [1.165, 1.54) is 167 Å². The fraction of sp³-hybridized carbons (Fsp3) is 0.977. The SMILES string of the molecule is CCCCCCCCCCCCCCCCCCCCCCCCC(=O)OC(COCCCCCCCCCCC)COP(=O)([O-])OCC[N+](C)(C)C. The molecule has 0 aliphatic rings. The summed E-state index contributed by atoms with van der Waals surface area (Å²) in [6.07, 6.45) is 39.8. The van der Waals surface area contributed by atoms with Crippen molar-refractivity contribution >= 4 is 13.8 Å². The van der Waals surface area contributed by atoms with Gasteiger partial charge in [-0.25, -0.2) is 0 Å². The molecule has 2 atom stereocenters. The summed E-state index contributed by atoms with van der Waals surface area (Å²) in [5.74, 6) is -0.329. The van der Waals surface area contributed by atoms with E-state index in [9.17, 15) is 14.3 Å². The van der Waals surface area contributed by atoms with Crippen molar-refractivity contribution in [3.63, 3.8) is 0 Å². The summed E-state index contributed by atoms with van der Waals surface area (Å²) in [4.78, 5) is 25.0. The summed E-state index contributed by atoms with van der Waals surface area (Å²) < 4.78 is 34.5. The molecule has 0 bridgehead atoms. The van der Waals surface area contributed by atoms with E-state index in [1.54, 1.807) is 0 Å². The third-order valence-electron chi connectivity index (χ3n) is 10.2. The number of phosphoric acid groups is 1. The number of nitrogens with zero attached hydrogens (tertiary/aromatic N) is 1. The Bertz CT molecular complexity index is 822. The molecule has 0 spiro atoms. The number of unbranched alkanes of at least 4 members (excludes halogenated alkanes) is 29. The Hall–Kier alpha value is -0.500. The molecule has 0 amide bonds. The Kier molecular flexibility index (Phi) is 38.0. The number of carbonyl (C=O) groups excluding carboxylic acids is 1. The Morgan fingerprint density at radius 2 is 0.868 bits per heavy atom. The van der Waals surface area contributed by atoms with Gasteiger partial charge in [0.05, 0.1) is 34.4 Å². The summed E-state index contributed by atoms with van der Waals surface area (Å²) in [5.41, 5.74) is 0. The molecule has 8 nitrogen and oxygen atoms in total. The molecule has 0 rings (SSSR count). The molecule has 0 aromatic rings. The summed E-state index contributed by atoms with van der Waals surface area (Å²) in [5, 5.41) is 0. The quantitative estimate of drug-likeness (QED) is 0.0263. The lowest BCUT2D eigenvalue weighted by Gasteiger charge is -2.28. The number of ether oxygens (including phenoxy) is 2. The third-order valence-corrected chi connectivity index (χ3v) is 11.1. The Balaban J connectivity index is 4.03. The fourth-order valence-electron chi connectivity index (χ4n) is 6.61. The first-order chi connectivity index (χ1) is 25.6. The minimum absolute atomic E-state index is 0.0311. The van der Waals surface area contributed by atoms with E-state index in [4.69, 9.17) is 18.5 Å². The Labute approximate surface area is 329 Å². The first-order valence-electron chi connectivity index (χ1n) is 22.8. The number of hydrogen-bond acceptors (Lipinski definition) is 7. The van der Waals surface area contributed by atoms with Crippen LogP contribution in [0.4, 0.5) is 0 Å². The van der Waals surface area contributed by atoms with Crippen LogP contribution in [0, 0.1) is 0 Å². The molecule has 0 aromatic heterocycles. The largest absolute Gasteiger partial charge is 0.756 e. The van der Waals surface area contributed by atoms with Crippen LogP contribution in [0.5, 0.6) is 0 Å². The number of likely N-dealkylation sites (N-methyl/N-ethyl adjacent to an activating group) is 1. The summed E-state index contributed by atoms with van der Waals surface area (Å²) >= 11 is 0. The minimum Gasteiger partial charge on any atom is -0.756 e. The van der Waals surface area contributed by atoms with Crippen LogP contribution in [-0.2, 0) is 27.9 Å². The maximum Gasteiger partial charge on any atom is 0.306 e. The number of quaternary nitrogens is 1. The molecule has 0 saturated carbocycles. The van der Waals surface area contributed by atoms with E-state index in [-0.39, 0.29) is 25.8 Å². The molecule has 0 heterocycles. The van der Waals surface area contributed by atoms with Gasteiger partial charge < -0.3 is 27.9 Å². The third kappa shape index (κ3) is 42.5. The molecule has 53 heavy (non-hydrogen) atoms. The minimum atomic E-state index is -4.51. The fourth-order valence-corrected chi connectivity index (χ4v) is 7.34. The van der Waals surface area contributed by atoms with E-state index >= 15 is 0 Å². The molecule has 0 N–H and O–H groups in total. The molecule has 0 aliphatic heterocycles. The molecule has 0 aliphatic carbocycles. The molecular weight excluding hydrogens is 685 g/mol. The maximum absolute atomic E-state index is 12.7. The Morgan fingerprint density at radius 3 is 1.25 bits per heavy atom. The van der Waals surface area contributed by atoms with Gasteiger partial charge in [-0.2, -0.15) is 0 Å². The predicted octanol–water partition coefficient (Wildman–Crippen LogP) is 12.6. The lowest BCUT2D eigenvalue weighted by atomic mass is 10.0. The number of esters is 1. The monoisotopic (exact) mass is 776 g/mol. The van der Waals surface area contributed by atoms with E-state index in [0.29, 0.717) is 24.1 Å². The van der Waals surface area contributed by atoms with Crippen molar-refractivity contribution in [2.75, 3.05) is 54.1 Å². The van der Waals surface area contributed by atoms with Crippen molar-refractivity contribution in [3.8, 4) is 0 Å². The van der Waals surface area contributed by atoms with Gasteiger partial charge >= 0.3 is 5.97 Å². The first-order valence-corrected chi connectivity index (χ1v) is 24.2. The van der Waals surface area contributed by atoms with Gasteiger partial charge in [-0.1, -0.05) is 200 Å². The van der Waals surface area contributed by atoms with Gasteiger partial charge in [0.2, 0.25) is 0 Å². The van der Waals surface area contributed by atoms with Gasteiger partial charge in [0, 0.05) is 13.0 Å². The highest BCUT2D eigenvalue weighted by atomic mass is 31.2. The zero-order valence-electron chi connectivity index (χ0n) is 36.0. The average Bonchev–Trinajstić information content (AvgIpc) is 3.11. The van der Waals surface area contributed by atoms with Crippen LogP contribution >= 0.6 is 7.82 Å². The summed E-state index contributed by atoms with van der Waals surface area (Å²) in [6.45, 7) is 5.45. The van der Waals surface area contributed by atoms with Crippen molar-refractivity contribution in [2.24, 2.45) is 0 Å². The van der Waals surface area contributed by atoms with Crippen LogP contribution < -0.4 is 4.89 Å². The highest BCUT2D eigenvalue weighted by Crippen LogP contribution is 2.38. The van der Waals surface area contributed by atoms with E-state index in [1.807, 2.05) is 21.1 Å². The number of phosphoric ester groups is 1. The summed E-state index contributed by atoms with van der Waals surface area (Å²) in [6, 6.07) is 0. The second-order valence-electron chi connectivity index (χ2n) is 16.8. The summed E-state index contributed by atoms with van der Waals surface area (Å²) in [7, 11) is 1.37. The van der Waals surface area contributed by atoms with Crippen LogP contribution in [0.3, 0.4) is 0 Å². The van der Waals surface area contributed by atoms with Crippen molar-refractivity contribution < 1.29 is 37.3 Å². The van der Waals surface area contributed by atoms with Crippen LogP contribution in [0.15, 0.2) is 0 Å². The number of rotatable bonds is 43. The van der Waals surface area contributed by atoms with Gasteiger partial charge in [0.1, 0.15) is 19.3 Å². The molecule has 9 heteroatoms. The molecule has 318 valence electrons.